The third-order valence-corrected chi connectivity index (χ3v) is 7.08. The Morgan fingerprint density at radius 2 is 1.79 bits per heavy atom. The zero-order valence-electron chi connectivity index (χ0n) is 21.6. The van der Waals surface area contributed by atoms with E-state index in [2.05, 4.69) is 32.3 Å². The first-order valence-corrected chi connectivity index (χ1v) is 13.0. The maximum Gasteiger partial charge on any atom is 0.259 e. The first-order valence-electron chi connectivity index (χ1n) is 12.2. The number of para-hydroxylation sites is 1. The molecule has 1 aliphatic rings. The van der Waals surface area contributed by atoms with Gasteiger partial charge in [0.25, 0.3) is 5.91 Å². The fourth-order valence-electron chi connectivity index (χ4n) is 4.26. The van der Waals surface area contributed by atoms with Crippen LogP contribution in [0, 0.1) is 0 Å². The van der Waals surface area contributed by atoms with Crippen LogP contribution in [0.3, 0.4) is 0 Å². The number of nitrogens with one attached hydrogen (secondary N) is 3. The zero-order chi connectivity index (χ0) is 27.9. The molecule has 0 unspecified atom stereocenters. The number of aromatic amines is 1. The van der Waals surface area contributed by atoms with Crippen molar-refractivity contribution < 1.29 is 23.8 Å². The molecule has 0 atom stereocenters. The number of aromatic nitrogens is 2. The van der Waals surface area contributed by atoms with E-state index in [0.717, 1.165) is 17.5 Å². The van der Waals surface area contributed by atoms with Crippen molar-refractivity contribution in [2.45, 2.75) is 12.8 Å². The highest BCUT2D eigenvalue weighted by Gasteiger charge is 2.22. The molecular weight excluding hydrogens is 545 g/mol. The fourth-order valence-corrected chi connectivity index (χ4v) is 4.95. The normalized spacial score (nSPS) is 13.1. The second kappa shape index (κ2) is 12.9. The summed E-state index contributed by atoms with van der Waals surface area (Å²) in [5, 5.41) is 13.6. The van der Waals surface area contributed by atoms with Crippen molar-refractivity contribution in [1.29, 1.82) is 0 Å². The number of nitrogens with zero attached hydrogens (tertiary/aromatic N) is 2. The Hall–Kier alpha value is -3.73. The minimum Gasteiger partial charge on any atom is -0.495 e. The van der Waals surface area contributed by atoms with E-state index in [9.17, 15) is 9.59 Å². The fraction of sp³-hybridized carbons (Fsp3) is 0.296. The van der Waals surface area contributed by atoms with Gasteiger partial charge in [0.05, 0.1) is 54.4 Å². The number of halogens is 2. The van der Waals surface area contributed by atoms with Gasteiger partial charge in [-0.05, 0) is 36.6 Å². The number of rotatable bonds is 10. The first kappa shape index (κ1) is 28.3. The summed E-state index contributed by atoms with van der Waals surface area (Å²) in [5.41, 5.74) is 2.85. The summed E-state index contributed by atoms with van der Waals surface area (Å²) in [6.45, 7) is 5.91. The van der Waals surface area contributed by atoms with E-state index in [-0.39, 0.29) is 0 Å². The van der Waals surface area contributed by atoms with Gasteiger partial charge in [-0.2, -0.15) is 5.10 Å². The number of carbonyl (C=O) groups is 2. The van der Waals surface area contributed by atoms with Crippen LogP contribution < -0.4 is 25.0 Å². The number of carbonyl (C=O) groups excluding carboxylic acids is 2. The largest absolute Gasteiger partial charge is 0.495 e. The molecule has 0 spiro atoms. The third-order valence-electron chi connectivity index (χ3n) is 6.25. The molecule has 2 heterocycles. The van der Waals surface area contributed by atoms with Gasteiger partial charge in [0.15, 0.2) is 5.82 Å². The van der Waals surface area contributed by atoms with E-state index in [1.54, 1.807) is 24.3 Å². The molecule has 4 rings (SSSR count). The lowest BCUT2D eigenvalue weighted by Gasteiger charge is -2.31. The monoisotopic (exact) mass is 573 g/mol. The molecule has 0 bridgehead atoms. The molecule has 2 amide bonds. The lowest BCUT2D eigenvalue weighted by atomic mass is 10.1. The van der Waals surface area contributed by atoms with E-state index >= 15 is 0 Å². The average molecular weight is 574 g/mol. The smallest absolute Gasteiger partial charge is 0.259 e. The first-order chi connectivity index (χ1) is 18.9. The van der Waals surface area contributed by atoms with Gasteiger partial charge < -0.3 is 29.7 Å². The Balaban J connectivity index is 1.52. The zero-order valence-corrected chi connectivity index (χ0v) is 23.1. The Labute approximate surface area is 236 Å². The van der Waals surface area contributed by atoms with Crippen LogP contribution in [-0.4, -0.2) is 62.5 Å². The van der Waals surface area contributed by atoms with Crippen molar-refractivity contribution >= 4 is 52.2 Å². The predicted octanol–water partition coefficient (Wildman–Crippen LogP) is 4.73. The highest BCUT2D eigenvalue weighted by molar-refractivity contribution is 6.37. The number of ether oxygens (including phenoxy) is 3. The van der Waals surface area contributed by atoms with Gasteiger partial charge in [-0.1, -0.05) is 35.8 Å². The number of H-pyrrole nitrogens is 1. The van der Waals surface area contributed by atoms with Gasteiger partial charge in [0.1, 0.15) is 11.5 Å². The molecule has 2 aromatic carbocycles. The van der Waals surface area contributed by atoms with Crippen LogP contribution in [0.5, 0.6) is 11.5 Å². The summed E-state index contributed by atoms with van der Waals surface area (Å²) in [6, 6.07) is 8.64. The van der Waals surface area contributed by atoms with Gasteiger partial charge in [-0.25, -0.2) is 0 Å². The number of hydrogen-bond donors (Lipinski definition) is 3. The van der Waals surface area contributed by atoms with Gasteiger partial charge in [0, 0.05) is 30.9 Å². The number of amides is 2. The van der Waals surface area contributed by atoms with E-state index in [1.165, 1.54) is 14.2 Å². The van der Waals surface area contributed by atoms with Crippen LogP contribution in [0.1, 0.15) is 21.6 Å². The number of benzene rings is 2. The van der Waals surface area contributed by atoms with Crippen molar-refractivity contribution in [1.82, 2.24) is 10.2 Å². The highest BCUT2D eigenvalue weighted by atomic mass is 35.5. The topological polar surface area (TPSA) is 118 Å². The van der Waals surface area contributed by atoms with Crippen molar-refractivity contribution in [3.05, 3.63) is 69.9 Å². The summed E-state index contributed by atoms with van der Waals surface area (Å²) in [7, 11) is 3.04. The number of methoxy groups -OCH3 is 2. The molecule has 3 aromatic rings. The van der Waals surface area contributed by atoms with Crippen LogP contribution >= 0.6 is 23.2 Å². The standard InChI is InChI=1S/C27H29Cl2N5O5/c1-4-23(35)31-26-18(6-5-7-19(26)34-10-12-39-13-11-34)27(36)30-22-14-16(32-33-22)8-9-17-24(28)20(37-2)15-21(38-3)25(17)29/h4-7,14-15H,1,8-13H2,2-3H3,(H,31,35)(H2,30,32,33,36). The molecule has 1 fully saturated rings. The van der Waals surface area contributed by atoms with E-state index < -0.39 is 11.8 Å². The van der Waals surface area contributed by atoms with Crippen LogP contribution in [0.15, 0.2) is 43.0 Å². The van der Waals surface area contributed by atoms with Crippen molar-refractivity contribution in [3.63, 3.8) is 0 Å². The maximum atomic E-state index is 13.3. The van der Waals surface area contributed by atoms with Crippen LogP contribution in [0.2, 0.25) is 10.0 Å². The minimum atomic E-state index is -0.425. The SMILES string of the molecule is C=CC(=O)Nc1c(C(=O)Nc2cc(CCc3c(Cl)c(OC)cc(OC)c3Cl)[nH]n2)cccc1N1CCOCC1. The summed E-state index contributed by atoms with van der Waals surface area (Å²) >= 11 is 13.0. The van der Waals surface area contributed by atoms with Gasteiger partial charge in [-0.15, -0.1) is 0 Å². The summed E-state index contributed by atoms with van der Waals surface area (Å²) in [6.07, 6.45) is 2.14. The lowest BCUT2D eigenvalue weighted by molar-refractivity contribution is -0.111. The quantitative estimate of drug-likeness (QED) is 0.300. The molecule has 1 saturated heterocycles. The molecule has 0 aliphatic carbocycles. The highest BCUT2D eigenvalue weighted by Crippen LogP contribution is 2.41. The van der Waals surface area contributed by atoms with Gasteiger partial charge in [-0.3, -0.25) is 14.7 Å². The number of hydrogen-bond acceptors (Lipinski definition) is 7. The third kappa shape index (κ3) is 6.47. The molecule has 12 heteroatoms. The van der Waals surface area contributed by atoms with Crippen molar-refractivity contribution in [2.75, 3.05) is 56.1 Å². The summed E-state index contributed by atoms with van der Waals surface area (Å²) in [5.74, 6) is 0.408. The van der Waals surface area contributed by atoms with Gasteiger partial charge >= 0.3 is 0 Å². The van der Waals surface area contributed by atoms with Crippen LogP contribution in [-0.2, 0) is 22.4 Å². The second-order valence-electron chi connectivity index (χ2n) is 8.61. The maximum absolute atomic E-state index is 13.3. The van der Waals surface area contributed by atoms with Crippen LogP contribution in [0.4, 0.5) is 17.2 Å². The molecule has 3 N–H and O–H groups in total. The van der Waals surface area contributed by atoms with Crippen LogP contribution in [0.25, 0.3) is 0 Å². The average Bonchev–Trinajstić information content (AvgIpc) is 3.40. The van der Waals surface area contributed by atoms with Gasteiger partial charge in [0.2, 0.25) is 5.91 Å². The summed E-state index contributed by atoms with van der Waals surface area (Å²) in [4.78, 5) is 27.6. The molecule has 206 valence electrons. The van der Waals surface area contributed by atoms with E-state index in [0.29, 0.717) is 83.3 Å². The lowest BCUT2D eigenvalue weighted by Crippen LogP contribution is -2.37. The second-order valence-corrected chi connectivity index (χ2v) is 9.37. The predicted molar refractivity (Wildman–Crippen MR) is 152 cm³/mol. The molecule has 0 radical (unpaired) electrons. The Morgan fingerprint density at radius 3 is 2.44 bits per heavy atom. The Morgan fingerprint density at radius 1 is 1.10 bits per heavy atom. The van der Waals surface area contributed by atoms with E-state index in [1.807, 2.05) is 6.07 Å². The summed E-state index contributed by atoms with van der Waals surface area (Å²) < 4.78 is 16.1. The molecule has 1 aliphatic heterocycles. The molecule has 10 nitrogen and oxygen atoms in total. The Bertz CT molecular complexity index is 1340. The number of anilines is 3. The molecule has 0 saturated carbocycles. The number of aryl methyl sites for hydroxylation is 1. The van der Waals surface area contributed by atoms with Crippen molar-refractivity contribution in [3.8, 4) is 11.5 Å². The molecule has 1 aromatic heterocycles. The molecular formula is C27H29Cl2N5O5. The van der Waals surface area contributed by atoms with Crippen molar-refractivity contribution in [2.24, 2.45) is 0 Å². The molecule has 39 heavy (non-hydrogen) atoms. The Kier molecular flexibility index (Phi) is 9.34. The minimum absolute atomic E-state index is 0.292. The number of morpholine rings is 1. The van der Waals surface area contributed by atoms with E-state index in [4.69, 9.17) is 37.4 Å².